The van der Waals surface area contributed by atoms with E-state index in [1.165, 1.54) is 0 Å². The Kier molecular flexibility index (Phi) is 4.41. The van der Waals surface area contributed by atoms with Crippen LogP contribution in [0.15, 0.2) is 34.9 Å². The highest BCUT2D eigenvalue weighted by Crippen LogP contribution is 2.27. The molecule has 8 heteroatoms. The van der Waals surface area contributed by atoms with Crippen molar-refractivity contribution in [3.63, 3.8) is 0 Å². The van der Waals surface area contributed by atoms with Gasteiger partial charge < -0.3 is 9.84 Å². The van der Waals surface area contributed by atoms with E-state index in [2.05, 4.69) is 10.5 Å². The first-order valence-corrected chi connectivity index (χ1v) is 9.33. The van der Waals surface area contributed by atoms with Gasteiger partial charge in [-0.2, -0.15) is 0 Å². The highest BCUT2D eigenvalue weighted by atomic mass is 35.5. The predicted octanol–water partition coefficient (Wildman–Crippen LogP) is 2.05. The smallest absolute Gasteiger partial charge is 0.224 e. The van der Waals surface area contributed by atoms with Crippen molar-refractivity contribution in [2.75, 3.05) is 11.5 Å². The molecule has 1 amide bonds. The van der Waals surface area contributed by atoms with Crippen LogP contribution in [0, 0.1) is 5.92 Å². The van der Waals surface area contributed by atoms with Gasteiger partial charge in [0.1, 0.15) is 5.69 Å². The first-order valence-electron chi connectivity index (χ1n) is 7.13. The van der Waals surface area contributed by atoms with Crippen LogP contribution >= 0.6 is 11.6 Å². The fourth-order valence-electron chi connectivity index (χ4n) is 2.51. The number of carbonyl (C=O) groups excluding carboxylic acids is 1. The maximum Gasteiger partial charge on any atom is 0.224 e. The molecule has 1 N–H and O–H groups in total. The number of aromatic nitrogens is 1. The largest absolute Gasteiger partial charge is 0.359 e. The zero-order valence-corrected chi connectivity index (χ0v) is 13.7. The molecule has 6 nitrogen and oxygen atoms in total. The molecule has 1 saturated heterocycles. The molecule has 1 aromatic carbocycles. The van der Waals surface area contributed by atoms with Gasteiger partial charge in [0.15, 0.2) is 15.6 Å². The van der Waals surface area contributed by atoms with Crippen molar-refractivity contribution in [2.24, 2.45) is 5.92 Å². The average Bonchev–Trinajstić information content (AvgIpc) is 3.12. The standard InChI is InChI=1S/C15H15ClN2O4S/c16-13-4-2-1-3-12(13)14-7-11(22-18-14)8-17-15(19)10-5-6-23(20,21)9-10/h1-4,7,10H,5-6,8-9H2,(H,17,19)/t10-/m1/s1. The number of amides is 1. The fourth-order valence-corrected chi connectivity index (χ4v) is 4.49. The highest BCUT2D eigenvalue weighted by Gasteiger charge is 2.32. The Morgan fingerprint density at radius 2 is 2.17 bits per heavy atom. The highest BCUT2D eigenvalue weighted by molar-refractivity contribution is 7.91. The Morgan fingerprint density at radius 3 is 2.87 bits per heavy atom. The van der Waals surface area contributed by atoms with Gasteiger partial charge in [0.25, 0.3) is 0 Å². The summed E-state index contributed by atoms with van der Waals surface area (Å²) in [5.41, 5.74) is 1.33. The Morgan fingerprint density at radius 1 is 1.39 bits per heavy atom. The minimum absolute atomic E-state index is 0.0735. The van der Waals surface area contributed by atoms with E-state index in [1.54, 1.807) is 12.1 Å². The second-order valence-corrected chi connectivity index (χ2v) is 8.11. The van der Waals surface area contributed by atoms with Gasteiger partial charge in [0.2, 0.25) is 5.91 Å². The monoisotopic (exact) mass is 354 g/mol. The summed E-state index contributed by atoms with van der Waals surface area (Å²) in [6.45, 7) is 0.160. The van der Waals surface area contributed by atoms with Crippen LogP contribution in [0.5, 0.6) is 0 Å². The number of nitrogens with one attached hydrogen (secondary N) is 1. The Hall–Kier alpha value is -1.86. The molecule has 1 aliphatic heterocycles. The molecule has 1 fully saturated rings. The molecular weight excluding hydrogens is 340 g/mol. The van der Waals surface area contributed by atoms with Gasteiger partial charge in [-0.25, -0.2) is 8.42 Å². The van der Waals surface area contributed by atoms with Crippen molar-refractivity contribution in [1.29, 1.82) is 0 Å². The van der Waals surface area contributed by atoms with Gasteiger partial charge >= 0.3 is 0 Å². The maximum atomic E-state index is 12.0. The lowest BCUT2D eigenvalue weighted by atomic mass is 10.1. The van der Waals surface area contributed by atoms with Gasteiger partial charge in [-0.3, -0.25) is 4.79 Å². The molecule has 2 heterocycles. The lowest BCUT2D eigenvalue weighted by molar-refractivity contribution is -0.124. The Bertz CT molecular complexity index is 832. The number of sulfone groups is 1. The first kappa shape index (κ1) is 16.0. The maximum absolute atomic E-state index is 12.0. The summed E-state index contributed by atoms with van der Waals surface area (Å²) in [6.07, 6.45) is 0.370. The van der Waals surface area contributed by atoms with Crippen molar-refractivity contribution in [3.8, 4) is 11.3 Å². The van der Waals surface area contributed by atoms with E-state index in [-0.39, 0.29) is 24.0 Å². The molecule has 0 aliphatic carbocycles. The predicted molar refractivity (Wildman–Crippen MR) is 85.6 cm³/mol. The van der Waals surface area contributed by atoms with E-state index in [0.29, 0.717) is 22.9 Å². The molecule has 122 valence electrons. The first-order chi connectivity index (χ1) is 10.9. The lowest BCUT2D eigenvalue weighted by Gasteiger charge is -2.07. The summed E-state index contributed by atoms with van der Waals surface area (Å²) in [4.78, 5) is 12.0. The number of benzene rings is 1. The molecular formula is C15H15ClN2O4S. The number of nitrogens with zero attached hydrogens (tertiary/aromatic N) is 1. The average molecular weight is 355 g/mol. The molecule has 1 aromatic heterocycles. The zero-order chi connectivity index (χ0) is 16.4. The second kappa shape index (κ2) is 6.33. The summed E-state index contributed by atoms with van der Waals surface area (Å²) in [7, 11) is -3.07. The third kappa shape index (κ3) is 3.73. The summed E-state index contributed by atoms with van der Waals surface area (Å²) >= 11 is 6.10. The molecule has 23 heavy (non-hydrogen) atoms. The molecule has 2 aromatic rings. The van der Waals surface area contributed by atoms with Crippen LogP contribution < -0.4 is 5.32 Å². The van der Waals surface area contributed by atoms with Crippen LogP contribution in [0.25, 0.3) is 11.3 Å². The van der Waals surface area contributed by atoms with Crippen LogP contribution in [0.3, 0.4) is 0 Å². The SMILES string of the molecule is O=C(NCc1cc(-c2ccccc2Cl)no1)[C@@H]1CCS(=O)(=O)C1. The van der Waals surface area contributed by atoms with E-state index in [4.69, 9.17) is 16.1 Å². The Balaban J connectivity index is 1.62. The third-order valence-corrected chi connectivity index (χ3v) is 5.85. The van der Waals surface area contributed by atoms with Crippen molar-refractivity contribution in [2.45, 2.75) is 13.0 Å². The minimum atomic E-state index is -3.07. The van der Waals surface area contributed by atoms with Gasteiger partial charge in [0.05, 0.1) is 29.0 Å². The molecule has 0 spiro atoms. The summed E-state index contributed by atoms with van der Waals surface area (Å²) in [5.74, 6) is -0.286. The summed E-state index contributed by atoms with van der Waals surface area (Å²) in [5, 5.41) is 7.19. The summed E-state index contributed by atoms with van der Waals surface area (Å²) < 4.78 is 28.0. The van der Waals surface area contributed by atoms with Gasteiger partial charge in [0, 0.05) is 11.6 Å². The van der Waals surface area contributed by atoms with E-state index in [0.717, 1.165) is 5.56 Å². The number of hydrogen-bond donors (Lipinski definition) is 1. The molecule has 0 bridgehead atoms. The van der Waals surface area contributed by atoms with Crippen LogP contribution in [-0.2, 0) is 21.2 Å². The van der Waals surface area contributed by atoms with E-state index in [9.17, 15) is 13.2 Å². The molecule has 1 atom stereocenters. The number of halogens is 1. The fraction of sp³-hybridized carbons (Fsp3) is 0.333. The van der Waals surface area contributed by atoms with E-state index < -0.39 is 15.8 Å². The van der Waals surface area contributed by atoms with E-state index in [1.807, 2.05) is 18.2 Å². The normalized spacial score (nSPS) is 19.6. The van der Waals surface area contributed by atoms with E-state index >= 15 is 0 Å². The minimum Gasteiger partial charge on any atom is -0.359 e. The molecule has 0 unspecified atom stereocenters. The topological polar surface area (TPSA) is 89.3 Å². The Labute approximate surface area is 138 Å². The van der Waals surface area contributed by atoms with Crippen molar-refractivity contribution < 1.29 is 17.7 Å². The lowest BCUT2D eigenvalue weighted by Crippen LogP contribution is -2.30. The van der Waals surface area contributed by atoms with Crippen LogP contribution in [0.4, 0.5) is 0 Å². The van der Waals surface area contributed by atoms with Gasteiger partial charge in [-0.05, 0) is 12.5 Å². The second-order valence-electron chi connectivity index (χ2n) is 5.48. The van der Waals surface area contributed by atoms with Crippen molar-refractivity contribution in [3.05, 3.63) is 41.1 Å². The quantitative estimate of drug-likeness (QED) is 0.907. The zero-order valence-electron chi connectivity index (χ0n) is 12.2. The molecule has 0 radical (unpaired) electrons. The molecule has 3 rings (SSSR count). The molecule has 0 saturated carbocycles. The third-order valence-electron chi connectivity index (χ3n) is 3.75. The van der Waals surface area contributed by atoms with Gasteiger partial charge in [-0.1, -0.05) is 35.0 Å². The van der Waals surface area contributed by atoms with Crippen LogP contribution in [0.2, 0.25) is 5.02 Å². The summed E-state index contributed by atoms with van der Waals surface area (Å²) in [6, 6.07) is 8.95. The van der Waals surface area contributed by atoms with Gasteiger partial charge in [-0.15, -0.1) is 0 Å². The van der Waals surface area contributed by atoms with Crippen LogP contribution in [0.1, 0.15) is 12.2 Å². The number of carbonyl (C=O) groups is 1. The number of hydrogen-bond acceptors (Lipinski definition) is 5. The molecule has 1 aliphatic rings. The van der Waals surface area contributed by atoms with Crippen molar-refractivity contribution in [1.82, 2.24) is 10.5 Å². The number of rotatable bonds is 4. The van der Waals surface area contributed by atoms with Crippen LogP contribution in [-0.4, -0.2) is 31.0 Å². The van der Waals surface area contributed by atoms with Crippen molar-refractivity contribution >= 4 is 27.3 Å².